The second-order valence-corrected chi connectivity index (χ2v) is 8.44. The van der Waals surface area contributed by atoms with Crippen molar-refractivity contribution >= 4 is 17.5 Å². The molecule has 2 atom stereocenters. The number of halogens is 1. The number of hydrogen-bond donors (Lipinski definition) is 1. The first-order valence-electron chi connectivity index (χ1n) is 10.7. The maximum absolute atomic E-state index is 13.8. The summed E-state index contributed by atoms with van der Waals surface area (Å²) in [7, 11) is 0. The molecule has 2 aromatic carbocycles. The van der Waals surface area contributed by atoms with Crippen LogP contribution in [-0.4, -0.2) is 28.2 Å². The molecule has 3 aromatic rings. The van der Waals surface area contributed by atoms with Gasteiger partial charge >= 0.3 is 0 Å². The third-order valence-corrected chi connectivity index (χ3v) is 5.68. The van der Waals surface area contributed by atoms with Crippen molar-refractivity contribution in [1.29, 1.82) is 5.26 Å². The van der Waals surface area contributed by atoms with Crippen molar-refractivity contribution < 1.29 is 14.0 Å². The number of aromatic nitrogens is 1. The summed E-state index contributed by atoms with van der Waals surface area (Å²) < 4.78 is 13.8. The number of benzene rings is 2. The zero-order valence-electron chi connectivity index (χ0n) is 18.3. The number of nitriles is 1. The first kappa shape index (κ1) is 22.2. The van der Waals surface area contributed by atoms with Crippen LogP contribution in [0.25, 0.3) is 0 Å². The number of carbonyl (C=O) groups excluding carboxylic acids is 2. The van der Waals surface area contributed by atoms with Crippen LogP contribution in [0.1, 0.15) is 52.9 Å². The van der Waals surface area contributed by atoms with Crippen molar-refractivity contribution in [3.8, 4) is 6.07 Å². The van der Waals surface area contributed by atoms with E-state index in [1.54, 1.807) is 47.6 Å². The fourth-order valence-corrected chi connectivity index (χ4v) is 4.31. The average molecular weight is 442 g/mol. The molecule has 7 heteroatoms. The lowest BCUT2D eigenvalue weighted by molar-refractivity contribution is -0.119. The topological polar surface area (TPSA) is 86.1 Å². The van der Waals surface area contributed by atoms with Crippen LogP contribution < -0.4 is 5.32 Å². The van der Waals surface area contributed by atoms with E-state index in [0.29, 0.717) is 23.4 Å². The maximum Gasteiger partial charge on any atom is 0.254 e. The summed E-state index contributed by atoms with van der Waals surface area (Å²) in [6.45, 7) is 4.52. The Balaban J connectivity index is 1.83. The molecule has 4 rings (SSSR count). The van der Waals surface area contributed by atoms with Gasteiger partial charge in [-0.2, -0.15) is 5.26 Å². The summed E-state index contributed by atoms with van der Waals surface area (Å²) in [5.74, 6) is -1.65. The third kappa shape index (κ3) is 4.33. The predicted octanol–water partition coefficient (Wildman–Crippen LogP) is 4.67. The Morgan fingerprint density at radius 1 is 1.18 bits per heavy atom. The molecule has 1 aliphatic heterocycles. The van der Waals surface area contributed by atoms with E-state index in [9.17, 15) is 14.0 Å². The number of carbonyl (C=O) groups is 2. The monoisotopic (exact) mass is 442 g/mol. The van der Waals surface area contributed by atoms with Crippen molar-refractivity contribution in [1.82, 2.24) is 9.88 Å². The maximum atomic E-state index is 13.8. The number of hydrogen-bond acceptors (Lipinski definition) is 4. The van der Waals surface area contributed by atoms with Gasteiger partial charge in [0.1, 0.15) is 11.9 Å². The van der Waals surface area contributed by atoms with Gasteiger partial charge < -0.3 is 10.2 Å². The van der Waals surface area contributed by atoms with Gasteiger partial charge in [0.25, 0.3) is 5.91 Å². The van der Waals surface area contributed by atoms with Crippen LogP contribution in [0, 0.1) is 23.1 Å². The largest absolute Gasteiger partial charge is 0.330 e. The molecule has 33 heavy (non-hydrogen) atoms. The highest BCUT2D eigenvalue weighted by Crippen LogP contribution is 2.43. The molecule has 0 saturated heterocycles. The zero-order valence-corrected chi connectivity index (χ0v) is 18.3. The summed E-state index contributed by atoms with van der Waals surface area (Å²) in [4.78, 5) is 33.0. The molecule has 2 heterocycles. The number of anilines is 1. The van der Waals surface area contributed by atoms with E-state index in [4.69, 9.17) is 5.26 Å². The molecule has 0 aliphatic carbocycles. The highest BCUT2D eigenvalue weighted by molar-refractivity contribution is 6.04. The van der Waals surface area contributed by atoms with Crippen molar-refractivity contribution in [3.63, 3.8) is 0 Å². The Kier molecular flexibility index (Phi) is 6.18. The molecule has 2 amide bonds. The van der Waals surface area contributed by atoms with Gasteiger partial charge in [0.15, 0.2) is 0 Å². The van der Waals surface area contributed by atoms with Crippen LogP contribution in [0.2, 0.25) is 0 Å². The van der Waals surface area contributed by atoms with Crippen LogP contribution in [0.4, 0.5) is 10.1 Å². The fourth-order valence-electron chi connectivity index (χ4n) is 4.31. The van der Waals surface area contributed by atoms with Crippen LogP contribution >= 0.6 is 0 Å². The van der Waals surface area contributed by atoms with Gasteiger partial charge in [0.05, 0.1) is 17.5 Å². The lowest BCUT2D eigenvalue weighted by Gasteiger charge is -2.42. The van der Waals surface area contributed by atoms with Crippen molar-refractivity contribution in [2.75, 3.05) is 11.9 Å². The Morgan fingerprint density at radius 2 is 1.91 bits per heavy atom. The summed E-state index contributed by atoms with van der Waals surface area (Å²) in [5.41, 5.74) is 2.07. The minimum absolute atomic E-state index is 0.126. The van der Waals surface area contributed by atoms with Crippen LogP contribution in [0.5, 0.6) is 0 Å². The van der Waals surface area contributed by atoms with E-state index in [1.807, 2.05) is 26.0 Å². The normalized spacial score (nSPS) is 17.4. The third-order valence-electron chi connectivity index (χ3n) is 5.68. The van der Waals surface area contributed by atoms with Gasteiger partial charge in [0, 0.05) is 30.2 Å². The molecule has 0 fully saturated rings. The highest BCUT2D eigenvalue weighted by Gasteiger charge is 2.44. The molecule has 0 unspecified atom stereocenters. The van der Waals surface area contributed by atoms with Crippen molar-refractivity contribution in [3.05, 3.63) is 95.1 Å². The molecule has 166 valence electrons. The van der Waals surface area contributed by atoms with Crippen LogP contribution in [-0.2, 0) is 4.79 Å². The van der Waals surface area contributed by atoms with E-state index in [0.717, 1.165) is 11.6 Å². The number of nitrogens with zero attached hydrogens (tertiary/aromatic N) is 3. The molecular weight excluding hydrogens is 419 g/mol. The fraction of sp³-hybridized carbons (Fsp3) is 0.231. The Bertz CT molecular complexity index is 1240. The molecule has 1 N–H and O–H groups in total. The second kappa shape index (κ2) is 9.21. The van der Waals surface area contributed by atoms with E-state index in [2.05, 4.69) is 10.3 Å². The number of rotatable bonds is 5. The number of nitrogens with one attached hydrogen (secondary N) is 1. The van der Waals surface area contributed by atoms with Crippen molar-refractivity contribution in [2.24, 2.45) is 5.92 Å². The Labute approximate surface area is 191 Å². The first-order valence-corrected chi connectivity index (χ1v) is 10.7. The molecular formula is C26H23FN4O2. The van der Waals surface area contributed by atoms with Crippen LogP contribution in [0.3, 0.4) is 0 Å². The van der Waals surface area contributed by atoms with Gasteiger partial charge in [-0.3, -0.25) is 14.6 Å². The SMILES string of the molecule is CC(C)CN1C(=O)c2ccccc2[C@H](C(=O)Nc2ccc(F)c(C#N)c2)[C@H]1c1ccncc1. The van der Waals surface area contributed by atoms with E-state index in [-0.39, 0.29) is 23.3 Å². The number of pyridine rings is 1. The van der Waals surface area contributed by atoms with E-state index < -0.39 is 17.8 Å². The molecule has 0 bridgehead atoms. The standard InChI is InChI=1S/C26H23FN4O2/c1-16(2)15-31-24(17-9-11-29-12-10-17)23(20-5-3-4-6-21(20)26(31)33)25(32)30-19-7-8-22(27)18(13-19)14-28/h3-13,16,23-24H,15H2,1-2H3,(H,30,32)/t23-,24+/m0/s1. The lowest BCUT2D eigenvalue weighted by Crippen LogP contribution is -2.47. The Morgan fingerprint density at radius 3 is 2.61 bits per heavy atom. The van der Waals surface area contributed by atoms with Gasteiger partial charge in [-0.15, -0.1) is 0 Å². The first-order chi connectivity index (χ1) is 15.9. The molecule has 1 aliphatic rings. The summed E-state index contributed by atoms with van der Waals surface area (Å²) in [6.07, 6.45) is 3.28. The van der Waals surface area contributed by atoms with Gasteiger partial charge in [-0.25, -0.2) is 4.39 Å². The predicted molar refractivity (Wildman–Crippen MR) is 122 cm³/mol. The molecule has 0 radical (unpaired) electrons. The Hall–Kier alpha value is -4.05. The van der Waals surface area contributed by atoms with Crippen LogP contribution in [0.15, 0.2) is 67.0 Å². The molecule has 0 saturated carbocycles. The van der Waals surface area contributed by atoms with Crippen molar-refractivity contribution in [2.45, 2.75) is 25.8 Å². The average Bonchev–Trinajstić information content (AvgIpc) is 2.82. The summed E-state index contributed by atoms with van der Waals surface area (Å²) in [6, 6.07) is 15.9. The minimum atomic E-state index is -0.712. The van der Waals surface area contributed by atoms with Gasteiger partial charge in [-0.1, -0.05) is 32.0 Å². The minimum Gasteiger partial charge on any atom is -0.330 e. The lowest BCUT2D eigenvalue weighted by atomic mass is 9.79. The van der Waals surface area contributed by atoms with E-state index in [1.165, 1.54) is 12.1 Å². The van der Waals surface area contributed by atoms with Gasteiger partial charge in [0.2, 0.25) is 5.91 Å². The highest BCUT2D eigenvalue weighted by atomic mass is 19.1. The summed E-state index contributed by atoms with van der Waals surface area (Å²) >= 11 is 0. The quantitative estimate of drug-likeness (QED) is 0.622. The zero-order chi connectivity index (χ0) is 23.5. The molecule has 6 nitrogen and oxygen atoms in total. The smallest absolute Gasteiger partial charge is 0.254 e. The van der Waals surface area contributed by atoms with Gasteiger partial charge in [-0.05, 0) is 53.4 Å². The summed E-state index contributed by atoms with van der Waals surface area (Å²) in [5, 5.41) is 12.0. The molecule has 0 spiro atoms. The number of fused-ring (bicyclic) bond motifs is 1. The second-order valence-electron chi connectivity index (χ2n) is 8.44. The van der Waals surface area contributed by atoms with E-state index >= 15 is 0 Å². The number of amides is 2. The molecule has 1 aromatic heterocycles.